The number of hydrogen-bond acceptors (Lipinski definition) is 5. The summed E-state index contributed by atoms with van der Waals surface area (Å²) in [7, 11) is 1.65. The predicted molar refractivity (Wildman–Crippen MR) is 79.0 cm³/mol. The van der Waals surface area contributed by atoms with Crippen molar-refractivity contribution in [1.82, 2.24) is 15.3 Å². The Bertz CT molecular complexity index is 624. The molecule has 1 aromatic carbocycles. The zero-order valence-electron chi connectivity index (χ0n) is 12.0. The Hall–Kier alpha value is -2.25. The number of ether oxygens (including phenoxy) is 1. The number of non-ortho nitro benzene ring substituents is 1. The number of H-pyrrole nitrogens is 1. The molecule has 0 fully saturated rings. The largest absolute Gasteiger partial charge is 0.383 e. The zero-order chi connectivity index (χ0) is 15.2. The molecule has 2 N–H and O–H groups in total. The van der Waals surface area contributed by atoms with Crippen LogP contribution in [0, 0.1) is 17.0 Å². The van der Waals surface area contributed by atoms with Crippen LogP contribution in [0.4, 0.5) is 5.69 Å². The van der Waals surface area contributed by atoms with Crippen molar-refractivity contribution < 1.29 is 9.66 Å². The van der Waals surface area contributed by atoms with E-state index in [-0.39, 0.29) is 5.69 Å². The molecule has 0 radical (unpaired) electrons. The summed E-state index contributed by atoms with van der Waals surface area (Å²) < 4.78 is 4.95. The van der Waals surface area contributed by atoms with Crippen molar-refractivity contribution in [2.75, 3.05) is 20.3 Å². The van der Waals surface area contributed by atoms with Gasteiger partial charge >= 0.3 is 0 Å². The van der Waals surface area contributed by atoms with E-state index in [1.165, 1.54) is 12.1 Å². The Morgan fingerprint density at radius 2 is 2.29 bits per heavy atom. The maximum atomic E-state index is 10.9. The minimum absolute atomic E-state index is 0.0618. The molecule has 0 unspecified atom stereocenters. The number of nitro benzene ring substituents is 1. The average Bonchev–Trinajstić information content (AvgIpc) is 2.92. The highest BCUT2D eigenvalue weighted by molar-refractivity contribution is 5.63. The van der Waals surface area contributed by atoms with Crippen molar-refractivity contribution in [2.24, 2.45) is 0 Å². The SMILES string of the molecule is COCCNCc1cnc(-c2cc([N+](=O)[O-])ccc2C)[nH]1. The van der Waals surface area contributed by atoms with Gasteiger partial charge in [-0.15, -0.1) is 0 Å². The van der Waals surface area contributed by atoms with E-state index in [2.05, 4.69) is 15.3 Å². The number of hydrogen-bond donors (Lipinski definition) is 2. The number of aromatic amines is 1. The van der Waals surface area contributed by atoms with Gasteiger partial charge < -0.3 is 15.0 Å². The lowest BCUT2D eigenvalue weighted by Crippen LogP contribution is -2.18. The van der Waals surface area contributed by atoms with Gasteiger partial charge in [-0.05, 0) is 12.5 Å². The fourth-order valence-electron chi connectivity index (χ4n) is 1.96. The van der Waals surface area contributed by atoms with E-state index < -0.39 is 4.92 Å². The molecule has 0 saturated heterocycles. The lowest BCUT2D eigenvalue weighted by molar-refractivity contribution is -0.384. The van der Waals surface area contributed by atoms with Crippen LogP contribution in [0.2, 0.25) is 0 Å². The molecule has 0 amide bonds. The van der Waals surface area contributed by atoms with Crippen LogP contribution in [0.5, 0.6) is 0 Å². The first-order valence-corrected chi connectivity index (χ1v) is 6.60. The first-order valence-electron chi connectivity index (χ1n) is 6.60. The van der Waals surface area contributed by atoms with E-state index in [0.717, 1.165) is 23.4 Å². The Balaban J connectivity index is 2.13. The van der Waals surface area contributed by atoms with E-state index >= 15 is 0 Å². The minimum atomic E-state index is -0.404. The van der Waals surface area contributed by atoms with Gasteiger partial charge in [0.25, 0.3) is 5.69 Å². The van der Waals surface area contributed by atoms with E-state index in [4.69, 9.17) is 4.74 Å². The second kappa shape index (κ2) is 6.96. The third-order valence-electron chi connectivity index (χ3n) is 3.11. The van der Waals surface area contributed by atoms with Gasteiger partial charge in [0.1, 0.15) is 5.82 Å². The van der Waals surface area contributed by atoms with Crippen LogP contribution in [0.25, 0.3) is 11.4 Å². The Morgan fingerprint density at radius 1 is 1.48 bits per heavy atom. The number of nitrogens with one attached hydrogen (secondary N) is 2. The van der Waals surface area contributed by atoms with Crippen molar-refractivity contribution in [2.45, 2.75) is 13.5 Å². The number of imidazole rings is 1. The van der Waals surface area contributed by atoms with Crippen molar-refractivity contribution >= 4 is 5.69 Å². The molecule has 0 spiro atoms. The van der Waals surface area contributed by atoms with Gasteiger partial charge in [-0.25, -0.2) is 4.98 Å². The van der Waals surface area contributed by atoms with Crippen LogP contribution in [0.15, 0.2) is 24.4 Å². The molecule has 21 heavy (non-hydrogen) atoms. The first-order chi connectivity index (χ1) is 10.1. The summed E-state index contributed by atoms with van der Waals surface area (Å²) >= 11 is 0. The number of methoxy groups -OCH3 is 1. The van der Waals surface area contributed by atoms with Crippen LogP contribution in [-0.2, 0) is 11.3 Å². The second-order valence-corrected chi connectivity index (χ2v) is 4.68. The number of nitrogens with zero attached hydrogens (tertiary/aromatic N) is 2. The summed E-state index contributed by atoms with van der Waals surface area (Å²) in [5.41, 5.74) is 2.67. The Kier molecular flexibility index (Phi) is 5.02. The predicted octanol–water partition coefficient (Wildman–Crippen LogP) is 2.03. The van der Waals surface area contributed by atoms with Crippen molar-refractivity contribution in [1.29, 1.82) is 0 Å². The lowest BCUT2D eigenvalue weighted by Gasteiger charge is -2.03. The number of rotatable bonds is 7. The van der Waals surface area contributed by atoms with Crippen LogP contribution in [0.1, 0.15) is 11.3 Å². The molecule has 1 aromatic heterocycles. The molecule has 1 heterocycles. The highest BCUT2D eigenvalue weighted by atomic mass is 16.6. The number of aryl methyl sites for hydroxylation is 1. The van der Waals surface area contributed by atoms with Gasteiger partial charge in [-0.2, -0.15) is 0 Å². The second-order valence-electron chi connectivity index (χ2n) is 4.68. The normalized spacial score (nSPS) is 10.8. The molecular weight excluding hydrogens is 272 g/mol. The van der Waals surface area contributed by atoms with Crippen LogP contribution in [-0.4, -0.2) is 35.2 Å². The van der Waals surface area contributed by atoms with E-state index in [1.807, 2.05) is 6.92 Å². The van der Waals surface area contributed by atoms with Gasteiger partial charge in [0.2, 0.25) is 0 Å². The molecule has 0 aliphatic carbocycles. The lowest BCUT2D eigenvalue weighted by atomic mass is 10.1. The van der Waals surface area contributed by atoms with Crippen LogP contribution >= 0.6 is 0 Å². The molecular formula is C14H18N4O3. The topological polar surface area (TPSA) is 93.1 Å². The van der Waals surface area contributed by atoms with Gasteiger partial charge in [0, 0.05) is 49.8 Å². The summed E-state index contributed by atoms with van der Waals surface area (Å²) in [6, 6.07) is 4.76. The van der Waals surface area contributed by atoms with E-state index in [1.54, 1.807) is 19.4 Å². The third kappa shape index (κ3) is 3.87. The molecule has 7 heteroatoms. The summed E-state index contributed by atoms with van der Waals surface area (Å²) in [6.07, 6.45) is 1.73. The molecule has 0 bridgehead atoms. The van der Waals surface area contributed by atoms with Gasteiger partial charge in [-0.1, -0.05) is 6.07 Å². The highest BCUT2D eigenvalue weighted by Crippen LogP contribution is 2.25. The molecule has 0 aliphatic rings. The van der Waals surface area contributed by atoms with Gasteiger partial charge in [0.15, 0.2) is 0 Å². The van der Waals surface area contributed by atoms with E-state index in [9.17, 15) is 10.1 Å². The smallest absolute Gasteiger partial charge is 0.270 e. The van der Waals surface area contributed by atoms with Crippen molar-refractivity contribution in [3.05, 3.63) is 45.8 Å². The van der Waals surface area contributed by atoms with Gasteiger partial charge in [-0.3, -0.25) is 10.1 Å². The van der Waals surface area contributed by atoms with Crippen LogP contribution in [0.3, 0.4) is 0 Å². The monoisotopic (exact) mass is 290 g/mol. The summed E-state index contributed by atoms with van der Waals surface area (Å²) in [6.45, 7) is 3.94. The molecule has 0 atom stereocenters. The minimum Gasteiger partial charge on any atom is -0.383 e. The molecule has 2 aromatic rings. The van der Waals surface area contributed by atoms with Gasteiger partial charge in [0.05, 0.1) is 11.5 Å². The number of benzene rings is 1. The molecule has 0 saturated carbocycles. The number of nitro groups is 1. The maximum Gasteiger partial charge on any atom is 0.270 e. The standard InChI is InChI=1S/C14H18N4O3/c1-10-3-4-12(18(19)20)7-13(10)14-16-9-11(17-14)8-15-5-6-21-2/h3-4,7,9,15H,5-6,8H2,1-2H3,(H,16,17). The first kappa shape index (κ1) is 15.1. The highest BCUT2D eigenvalue weighted by Gasteiger charge is 2.12. The number of aromatic nitrogens is 2. The average molecular weight is 290 g/mol. The van der Waals surface area contributed by atoms with E-state index in [0.29, 0.717) is 19.0 Å². The molecule has 2 rings (SSSR count). The molecule has 0 aliphatic heterocycles. The van der Waals surface area contributed by atoms with Crippen LogP contribution < -0.4 is 5.32 Å². The molecule has 112 valence electrons. The van der Waals surface area contributed by atoms with Crippen molar-refractivity contribution in [3.63, 3.8) is 0 Å². The quantitative estimate of drug-likeness (QED) is 0.462. The Morgan fingerprint density at radius 3 is 3.00 bits per heavy atom. The summed E-state index contributed by atoms with van der Waals surface area (Å²) in [4.78, 5) is 17.9. The van der Waals surface area contributed by atoms with Crippen molar-refractivity contribution in [3.8, 4) is 11.4 Å². The molecule has 7 nitrogen and oxygen atoms in total. The fraction of sp³-hybridized carbons (Fsp3) is 0.357. The summed E-state index contributed by atoms with van der Waals surface area (Å²) in [5, 5.41) is 14.1. The zero-order valence-corrected chi connectivity index (χ0v) is 12.0. The summed E-state index contributed by atoms with van der Waals surface area (Å²) in [5.74, 6) is 0.639. The maximum absolute atomic E-state index is 10.9. The fourth-order valence-corrected chi connectivity index (χ4v) is 1.96. The third-order valence-corrected chi connectivity index (χ3v) is 3.11. The Labute approximate surface area is 122 Å².